The van der Waals surface area contributed by atoms with Gasteiger partial charge in [0.25, 0.3) is 0 Å². The van der Waals surface area contributed by atoms with Crippen molar-refractivity contribution in [2.75, 3.05) is 18.0 Å². The van der Waals surface area contributed by atoms with Crippen LogP contribution in [0.2, 0.25) is 10.0 Å². The third kappa shape index (κ3) is 5.39. The SMILES string of the molecule is CCCCNC(=O)CN(C(C)=O)c1cc(Cl)cc(Cl)c1. The Morgan fingerprint density at radius 2 is 1.80 bits per heavy atom. The summed E-state index contributed by atoms with van der Waals surface area (Å²) in [7, 11) is 0. The van der Waals surface area contributed by atoms with Gasteiger partial charge in [-0.15, -0.1) is 0 Å². The smallest absolute Gasteiger partial charge is 0.240 e. The molecule has 0 atom stereocenters. The molecule has 0 saturated carbocycles. The Hall–Kier alpha value is -1.26. The van der Waals surface area contributed by atoms with Gasteiger partial charge in [0.05, 0.1) is 0 Å². The average molecular weight is 317 g/mol. The average Bonchev–Trinajstić information content (AvgIpc) is 2.34. The molecule has 0 saturated heterocycles. The number of hydrogen-bond donors (Lipinski definition) is 1. The van der Waals surface area contributed by atoms with E-state index in [1.54, 1.807) is 18.2 Å². The number of carbonyl (C=O) groups is 2. The summed E-state index contributed by atoms with van der Waals surface area (Å²) in [4.78, 5) is 24.8. The van der Waals surface area contributed by atoms with Gasteiger partial charge in [-0.2, -0.15) is 0 Å². The fourth-order valence-electron chi connectivity index (χ4n) is 1.68. The zero-order valence-corrected chi connectivity index (χ0v) is 13.1. The molecule has 6 heteroatoms. The van der Waals surface area contributed by atoms with Crippen molar-refractivity contribution >= 4 is 40.7 Å². The number of halogens is 2. The summed E-state index contributed by atoms with van der Waals surface area (Å²) < 4.78 is 0. The monoisotopic (exact) mass is 316 g/mol. The lowest BCUT2D eigenvalue weighted by molar-refractivity contribution is -0.123. The van der Waals surface area contributed by atoms with Crippen LogP contribution in [0.4, 0.5) is 5.69 Å². The second-order valence-electron chi connectivity index (χ2n) is 4.44. The minimum atomic E-state index is -0.242. The summed E-state index contributed by atoms with van der Waals surface area (Å²) in [6.07, 6.45) is 1.91. The molecule has 20 heavy (non-hydrogen) atoms. The Morgan fingerprint density at radius 1 is 1.20 bits per heavy atom. The fraction of sp³-hybridized carbons (Fsp3) is 0.429. The molecule has 0 aromatic heterocycles. The summed E-state index contributed by atoms with van der Waals surface area (Å²) in [6.45, 7) is 4.00. The minimum absolute atomic E-state index is 0.0459. The first-order chi connectivity index (χ1) is 9.43. The quantitative estimate of drug-likeness (QED) is 0.819. The van der Waals surface area contributed by atoms with Gasteiger partial charge >= 0.3 is 0 Å². The molecule has 1 rings (SSSR count). The number of anilines is 1. The Morgan fingerprint density at radius 3 is 2.30 bits per heavy atom. The van der Waals surface area contributed by atoms with Crippen molar-refractivity contribution in [2.45, 2.75) is 26.7 Å². The Balaban J connectivity index is 2.79. The summed E-state index contributed by atoms with van der Waals surface area (Å²) in [5, 5.41) is 3.61. The van der Waals surface area contributed by atoms with Crippen LogP contribution in [0.15, 0.2) is 18.2 Å². The number of nitrogens with one attached hydrogen (secondary N) is 1. The molecule has 0 fully saturated rings. The van der Waals surface area contributed by atoms with E-state index in [1.165, 1.54) is 11.8 Å². The van der Waals surface area contributed by atoms with Gasteiger partial charge in [-0.05, 0) is 24.6 Å². The van der Waals surface area contributed by atoms with Crippen LogP contribution >= 0.6 is 23.2 Å². The molecular formula is C14H18Cl2N2O2. The minimum Gasteiger partial charge on any atom is -0.355 e. The molecule has 0 aliphatic rings. The maximum absolute atomic E-state index is 11.8. The Bertz CT molecular complexity index is 472. The van der Waals surface area contributed by atoms with Crippen molar-refractivity contribution in [3.63, 3.8) is 0 Å². The van der Waals surface area contributed by atoms with E-state index in [-0.39, 0.29) is 18.4 Å². The molecule has 0 spiro atoms. The van der Waals surface area contributed by atoms with Crippen molar-refractivity contribution in [2.24, 2.45) is 0 Å². The van der Waals surface area contributed by atoms with Gasteiger partial charge in [0.1, 0.15) is 6.54 Å². The van der Waals surface area contributed by atoms with Crippen molar-refractivity contribution in [1.29, 1.82) is 0 Å². The van der Waals surface area contributed by atoms with E-state index in [1.807, 2.05) is 6.92 Å². The predicted octanol–water partition coefficient (Wildman–Crippen LogP) is 3.26. The molecule has 2 amide bonds. The van der Waals surface area contributed by atoms with E-state index in [0.29, 0.717) is 22.3 Å². The number of benzene rings is 1. The lowest BCUT2D eigenvalue weighted by Gasteiger charge is -2.21. The summed E-state index contributed by atoms with van der Waals surface area (Å²) in [6, 6.07) is 4.79. The number of hydrogen-bond acceptors (Lipinski definition) is 2. The van der Waals surface area contributed by atoms with E-state index < -0.39 is 0 Å². The van der Waals surface area contributed by atoms with Crippen LogP contribution in [0.1, 0.15) is 26.7 Å². The number of rotatable bonds is 6. The first-order valence-corrected chi connectivity index (χ1v) is 7.20. The number of unbranched alkanes of at least 4 members (excludes halogenated alkanes) is 1. The van der Waals surface area contributed by atoms with E-state index in [0.717, 1.165) is 12.8 Å². The highest BCUT2D eigenvalue weighted by atomic mass is 35.5. The lowest BCUT2D eigenvalue weighted by atomic mass is 10.2. The van der Waals surface area contributed by atoms with Crippen molar-refractivity contribution in [3.8, 4) is 0 Å². The zero-order chi connectivity index (χ0) is 15.1. The van der Waals surface area contributed by atoms with Gasteiger partial charge in [-0.3, -0.25) is 9.59 Å². The van der Waals surface area contributed by atoms with E-state index in [4.69, 9.17) is 23.2 Å². The van der Waals surface area contributed by atoms with Crippen molar-refractivity contribution in [1.82, 2.24) is 5.32 Å². The van der Waals surface area contributed by atoms with Crippen LogP contribution in [0.5, 0.6) is 0 Å². The van der Waals surface area contributed by atoms with E-state index in [9.17, 15) is 9.59 Å². The van der Waals surface area contributed by atoms with E-state index >= 15 is 0 Å². The molecule has 1 aromatic carbocycles. The highest BCUT2D eigenvalue weighted by molar-refractivity contribution is 6.35. The van der Waals surface area contributed by atoms with Crippen LogP contribution < -0.4 is 10.2 Å². The molecule has 0 bridgehead atoms. The molecule has 1 N–H and O–H groups in total. The topological polar surface area (TPSA) is 49.4 Å². The molecule has 1 aromatic rings. The number of amides is 2. The molecular weight excluding hydrogens is 299 g/mol. The van der Waals surface area contributed by atoms with Crippen LogP contribution in [0.25, 0.3) is 0 Å². The third-order valence-corrected chi connectivity index (χ3v) is 3.13. The van der Waals surface area contributed by atoms with Crippen LogP contribution in [-0.2, 0) is 9.59 Å². The zero-order valence-electron chi connectivity index (χ0n) is 11.6. The summed E-state index contributed by atoms with van der Waals surface area (Å²) in [5.41, 5.74) is 0.514. The highest BCUT2D eigenvalue weighted by Crippen LogP contribution is 2.25. The maximum Gasteiger partial charge on any atom is 0.240 e. The normalized spacial score (nSPS) is 10.2. The molecule has 4 nitrogen and oxygen atoms in total. The number of carbonyl (C=O) groups excluding carboxylic acids is 2. The van der Waals surface area contributed by atoms with Gasteiger partial charge in [-0.25, -0.2) is 0 Å². The van der Waals surface area contributed by atoms with E-state index in [2.05, 4.69) is 5.32 Å². The Labute approximate surface area is 129 Å². The standard InChI is InChI=1S/C14H18Cl2N2O2/c1-3-4-5-17-14(20)9-18(10(2)19)13-7-11(15)6-12(16)8-13/h6-8H,3-5,9H2,1-2H3,(H,17,20). The third-order valence-electron chi connectivity index (χ3n) is 2.69. The molecule has 0 unspecified atom stereocenters. The second-order valence-corrected chi connectivity index (χ2v) is 5.31. The highest BCUT2D eigenvalue weighted by Gasteiger charge is 2.16. The van der Waals surface area contributed by atoms with Crippen LogP contribution in [-0.4, -0.2) is 24.9 Å². The maximum atomic E-state index is 11.8. The van der Waals surface area contributed by atoms with Crippen LogP contribution in [0, 0.1) is 0 Å². The summed E-state index contributed by atoms with van der Waals surface area (Å²) in [5.74, 6) is -0.446. The molecule has 0 heterocycles. The lowest BCUT2D eigenvalue weighted by Crippen LogP contribution is -2.40. The second kappa shape index (κ2) is 8.12. The summed E-state index contributed by atoms with van der Waals surface area (Å²) >= 11 is 11.8. The molecule has 110 valence electrons. The molecule has 0 radical (unpaired) electrons. The van der Waals surface area contributed by atoms with Gasteiger partial charge < -0.3 is 10.2 Å². The largest absolute Gasteiger partial charge is 0.355 e. The molecule has 0 aliphatic heterocycles. The van der Waals surface area contributed by atoms with Gasteiger partial charge in [-0.1, -0.05) is 36.5 Å². The van der Waals surface area contributed by atoms with Gasteiger partial charge in [0.15, 0.2) is 0 Å². The fourth-order valence-corrected chi connectivity index (χ4v) is 2.20. The van der Waals surface area contributed by atoms with Crippen molar-refractivity contribution < 1.29 is 9.59 Å². The first-order valence-electron chi connectivity index (χ1n) is 6.45. The molecule has 0 aliphatic carbocycles. The first kappa shape index (κ1) is 16.8. The van der Waals surface area contributed by atoms with Gasteiger partial charge in [0.2, 0.25) is 11.8 Å². The van der Waals surface area contributed by atoms with Gasteiger partial charge in [0, 0.05) is 29.2 Å². The number of nitrogens with zero attached hydrogens (tertiary/aromatic N) is 1. The predicted molar refractivity (Wildman–Crippen MR) is 82.4 cm³/mol. The van der Waals surface area contributed by atoms with Crippen LogP contribution in [0.3, 0.4) is 0 Å². The Kier molecular flexibility index (Phi) is 6.82. The van der Waals surface area contributed by atoms with Crippen molar-refractivity contribution in [3.05, 3.63) is 28.2 Å².